The monoisotopic (exact) mass is 544 g/mol. The summed E-state index contributed by atoms with van der Waals surface area (Å²) in [6, 6.07) is 0. The van der Waals surface area contributed by atoms with Gasteiger partial charge in [0, 0.05) is 32.4 Å². The Labute approximate surface area is 231 Å². The Morgan fingerprint density at radius 2 is 0.842 bits per heavy atom. The van der Waals surface area contributed by atoms with Gasteiger partial charge in [-0.15, -0.1) is 0 Å². The van der Waals surface area contributed by atoms with Crippen molar-refractivity contribution in [2.75, 3.05) is 52.7 Å². The minimum absolute atomic E-state index is 0.0268. The number of carboxylic acid groups (broad SMARTS) is 1. The molecule has 0 rings (SSSR count). The molecule has 0 unspecified atom stereocenters. The number of carbonyl (C=O) groups is 3. The number of ether oxygens (including phenoxy) is 3. The molecule has 224 valence electrons. The number of carbonyl (C=O) groups excluding carboxylic acids is 2. The highest BCUT2D eigenvalue weighted by atomic mass is 16.5. The van der Waals surface area contributed by atoms with Gasteiger partial charge in [-0.2, -0.15) is 0 Å². The van der Waals surface area contributed by atoms with Gasteiger partial charge in [0.25, 0.3) is 0 Å². The summed E-state index contributed by atoms with van der Waals surface area (Å²) >= 11 is 0. The van der Waals surface area contributed by atoms with Crippen LogP contribution in [0.2, 0.25) is 0 Å². The summed E-state index contributed by atoms with van der Waals surface area (Å²) < 4.78 is 16.2. The molecule has 0 aliphatic heterocycles. The van der Waals surface area contributed by atoms with Crippen molar-refractivity contribution in [1.29, 1.82) is 0 Å². The third-order valence-electron chi connectivity index (χ3n) is 6.25. The van der Waals surface area contributed by atoms with E-state index in [2.05, 4.69) is 10.6 Å². The zero-order valence-corrected chi connectivity index (χ0v) is 24.1. The number of unbranched alkanes of at least 4 members (excludes halogenated alkanes) is 13. The first kappa shape index (κ1) is 36.3. The first-order chi connectivity index (χ1) is 18.6. The molecule has 0 aromatic rings. The van der Waals surface area contributed by atoms with Crippen LogP contribution >= 0.6 is 0 Å². The fourth-order valence-electron chi connectivity index (χ4n) is 3.96. The maximum atomic E-state index is 11.9. The zero-order chi connectivity index (χ0) is 27.9. The quantitative estimate of drug-likeness (QED) is 0.109. The molecule has 2 amide bonds. The van der Waals surface area contributed by atoms with Crippen molar-refractivity contribution in [2.24, 2.45) is 0 Å². The summed E-state index contributed by atoms with van der Waals surface area (Å²) in [5.74, 6) is -0.559. The van der Waals surface area contributed by atoms with E-state index in [0.717, 1.165) is 32.1 Å². The number of hydrogen-bond acceptors (Lipinski definition) is 6. The van der Waals surface area contributed by atoms with Crippen LogP contribution in [0.3, 0.4) is 0 Å². The van der Waals surface area contributed by atoms with Gasteiger partial charge in [-0.25, -0.2) is 0 Å². The summed E-state index contributed by atoms with van der Waals surface area (Å²) in [7, 11) is 0. The van der Waals surface area contributed by atoms with Gasteiger partial charge < -0.3 is 30.0 Å². The smallest absolute Gasteiger partial charge is 0.303 e. The predicted octanol–water partition coefficient (Wildman–Crippen LogP) is 5.00. The molecule has 0 fully saturated rings. The molecule has 0 radical (unpaired) electrons. The van der Waals surface area contributed by atoms with Crippen LogP contribution in [0.15, 0.2) is 0 Å². The average Bonchev–Trinajstić information content (AvgIpc) is 2.90. The van der Waals surface area contributed by atoms with Crippen LogP contribution in [0.25, 0.3) is 0 Å². The zero-order valence-electron chi connectivity index (χ0n) is 24.1. The molecule has 0 saturated carbocycles. The predicted molar refractivity (Wildman–Crippen MR) is 150 cm³/mol. The normalized spacial score (nSPS) is 11.0. The maximum Gasteiger partial charge on any atom is 0.303 e. The van der Waals surface area contributed by atoms with Gasteiger partial charge in [-0.3, -0.25) is 14.4 Å². The average molecular weight is 545 g/mol. The standard InChI is InChI=1S/C29H56N2O7/c1-2-27(32)30-19-21-36-23-25-38-26-24-37-22-20-31-28(33)17-15-13-11-9-7-5-3-4-6-8-10-12-14-16-18-29(34)35/h2-26H2,1H3,(H,30,32)(H,31,33)(H,34,35). The largest absolute Gasteiger partial charge is 0.481 e. The molecule has 0 aliphatic rings. The van der Waals surface area contributed by atoms with Gasteiger partial charge >= 0.3 is 5.97 Å². The maximum absolute atomic E-state index is 11.9. The van der Waals surface area contributed by atoms with Gasteiger partial charge in [-0.05, 0) is 12.8 Å². The number of rotatable bonds is 30. The van der Waals surface area contributed by atoms with E-state index in [-0.39, 0.29) is 11.8 Å². The lowest BCUT2D eigenvalue weighted by molar-refractivity contribution is -0.137. The van der Waals surface area contributed by atoms with E-state index in [1.54, 1.807) is 0 Å². The molecule has 0 aromatic carbocycles. The van der Waals surface area contributed by atoms with E-state index in [1.807, 2.05) is 6.92 Å². The van der Waals surface area contributed by atoms with Crippen molar-refractivity contribution >= 4 is 17.8 Å². The lowest BCUT2D eigenvalue weighted by Gasteiger charge is -2.08. The summed E-state index contributed by atoms with van der Waals surface area (Å²) in [5.41, 5.74) is 0. The topological polar surface area (TPSA) is 123 Å². The van der Waals surface area contributed by atoms with Crippen LogP contribution in [0.4, 0.5) is 0 Å². The van der Waals surface area contributed by atoms with Gasteiger partial charge in [0.05, 0.1) is 39.6 Å². The van der Waals surface area contributed by atoms with Crippen molar-refractivity contribution in [1.82, 2.24) is 10.6 Å². The molecule has 9 nitrogen and oxygen atoms in total. The van der Waals surface area contributed by atoms with Crippen LogP contribution in [0.5, 0.6) is 0 Å². The van der Waals surface area contributed by atoms with E-state index in [4.69, 9.17) is 19.3 Å². The molecule has 0 aromatic heterocycles. The third kappa shape index (κ3) is 30.5. The molecule has 0 aliphatic carbocycles. The fourth-order valence-corrected chi connectivity index (χ4v) is 3.96. The van der Waals surface area contributed by atoms with Crippen molar-refractivity contribution in [3.05, 3.63) is 0 Å². The van der Waals surface area contributed by atoms with E-state index >= 15 is 0 Å². The molecule has 0 atom stereocenters. The third-order valence-corrected chi connectivity index (χ3v) is 6.25. The van der Waals surface area contributed by atoms with E-state index in [1.165, 1.54) is 57.8 Å². The minimum atomic E-state index is -0.682. The van der Waals surface area contributed by atoms with Crippen molar-refractivity contribution in [3.63, 3.8) is 0 Å². The summed E-state index contributed by atoms with van der Waals surface area (Å²) in [4.78, 5) is 33.4. The first-order valence-electron chi connectivity index (χ1n) is 15.0. The number of aliphatic carboxylic acids is 1. The fraction of sp³-hybridized carbons (Fsp3) is 0.897. The first-order valence-corrected chi connectivity index (χ1v) is 15.0. The molecule has 9 heteroatoms. The molecule has 0 bridgehead atoms. The Balaban J connectivity index is 3.18. The molecule has 3 N–H and O–H groups in total. The Morgan fingerprint density at radius 1 is 0.500 bits per heavy atom. The van der Waals surface area contributed by atoms with E-state index < -0.39 is 5.97 Å². The van der Waals surface area contributed by atoms with Crippen LogP contribution in [-0.2, 0) is 28.6 Å². The van der Waals surface area contributed by atoms with Gasteiger partial charge in [-0.1, -0.05) is 84.0 Å². The molecule has 38 heavy (non-hydrogen) atoms. The van der Waals surface area contributed by atoms with Crippen LogP contribution in [-0.4, -0.2) is 75.6 Å². The lowest BCUT2D eigenvalue weighted by Crippen LogP contribution is -2.27. The van der Waals surface area contributed by atoms with E-state index in [9.17, 15) is 14.4 Å². The second-order valence-electron chi connectivity index (χ2n) is 9.73. The van der Waals surface area contributed by atoms with Crippen LogP contribution in [0.1, 0.15) is 116 Å². The van der Waals surface area contributed by atoms with Crippen LogP contribution < -0.4 is 10.6 Å². The minimum Gasteiger partial charge on any atom is -0.481 e. The molecule has 0 heterocycles. The Bertz CT molecular complexity index is 561. The highest BCUT2D eigenvalue weighted by Gasteiger charge is 2.01. The number of nitrogens with one attached hydrogen (secondary N) is 2. The molecule has 0 spiro atoms. The van der Waals surface area contributed by atoms with Gasteiger partial charge in [0.1, 0.15) is 0 Å². The van der Waals surface area contributed by atoms with Crippen LogP contribution in [0, 0.1) is 0 Å². The lowest BCUT2D eigenvalue weighted by atomic mass is 10.0. The highest BCUT2D eigenvalue weighted by molar-refractivity contribution is 5.75. The number of hydrogen-bond donors (Lipinski definition) is 3. The number of carboxylic acids is 1. The van der Waals surface area contributed by atoms with Gasteiger partial charge in [0.15, 0.2) is 0 Å². The summed E-state index contributed by atoms with van der Waals surface area (Å²) in [6.07, 6.45) is 17.9. The second kappa shape index (κ2) is 29.8. The summed E-state index contributed by atoms with van der Waals surface area (Å²) in [5, 5.41) is 14.3. The highest BCUT2D eigenvalue weighted by Crippen LogP contribution is 2.13. The molecular weight excluding hydrogens is 488 g/mol. The second-order valence-corrected chi connectivity index (χ2v) is 9.73. The Kier molecular flexibility index (Phi) is 28.5. The van der Waals surface area contributed by atoms with Crippen molar-refractivity contribution in [3.8, 4) is 0 Å². The number of amides is 2. The molecule has 0 saturated heterocycles. The van der Waals surface area contributed by atoms with Crippen molar-refractivity contribution < 1.29 is 33.7 Å². The Morgan fingerprint density at radius 3 is 1.24 bits per heavy atom. The molecular formula is C29H56N2O7. The van der Waals surface area contributed by atoms with E-state index in [0.29, 0.717) is 72.0 Å². The Hall–Kier alpha value is -1.71. The van der Waals surface area contributed by atoms with Gasteiger partial charge in [0.2, 0.25) is 11.8 Å². The summed E-state index contributed by atoms with van der Waals surface area (Å²) in [6.45, 7) is 5.76. The van der Waals surface area contributed by atoms with Crippen molar-refractivity contribution in [2.45, 2.75) is 116 Å². The SMILES string of the molecule is CCC(=O)NCCOCCOCCOCCNC(=O)CCCCCCCCCCCCCCCCC(=O)O.